The first-order chi connectivity index (χ1) is 10.5. The van der Waals surface area contributed by atoms with Crippen LogP contribution in [0.25, 0.3) is 0 Å². The fourth-order valence-corrected chi connectivity index (χ4v) is 3.23. The lowest BCUT2D eigenvalue weighted by molar-refractivity contribution is -0.385. The third kappa shape index (κ3) is 3.74. The second-order valence-electron chi connectivity index (χ2n) is 5.72. The lowest BCUT2D eigenvalue weighted by atomic mass is 9.79. The van der Waals surface area contributed by atoms with Crippen molar-refractivity contribution in [3.8, 4) is 0 Å². The standard InChI is InChI=1S/C14H21BrN4O3/c1-10-11(19(20)21)7-17-13(12(10)15)18-8-14(9-22-2)3-5-16-6-4-14/h7,16H,3-6,8-9H2,1-2H3,(H,17,18). The molecule has 0 radical (unpaired) electrons. The second-order valence-corrected chi connectivity index (χ2v) is 6.52. The van der Waals surface area contributed by atoms with Crippen LogP contribution in [0.4, 0.5) is 11.5 Å². The lowest BCUT2D eigenvalue weighted by Gasteiger charge is -2.37. The van der Waals surface area contributed by atoms with E-state index in [9.17, 15) is 10.1 Å². The highest BCUT2D eigenvalue weighted by molar-refractivity contribution is 9.10. The van der Waals surface area contributed by atoms with Crippen LogP contribution in [0, 0.1) is 22.5 Å². The van der Waals surface area contributed by atoms with Crippen LogP contribution < -0.4 is 10.6 Å². The Morgan fingerprint density at radius 2 is 2.23 bits per heavy atom. The van der Waals surface area contributed by atoms with Gasteiger partial charge in [0, 0.05) is 24.6 Å². The number of halogens is 1. The number of piperidine rings is 1. The van der Waals surface area contributed by atoms with Gasteiger partial charge in [0.2, 0.25) is 0 Å². The topological polar surface area (TPSA) is 89.3 Å². The largest absolute Gasteiger partial charge is 0.384 e. The van der Waals surface area contributed by atoms with E-state index >= 15 is 0 Å². The molecule has 2 N–H and O–H groups in total. The van der Waals surface area contributed by atoms with Crippen LogP contribution in [-0.2, 0) is 4.74 Å². The monoisotopic (exact) mass is 372 g/mol. The smallest absolute Gasteiger partial charge is 0.291 e. The van der Waals surface area contributed by atoms with Crippen LogP contribution in [0.3, 0.4) is 0 Å². The predicted molar refractivity (Wildman–Crippen MR) is 88.2 cm³/mol. The van der Waals surface area contributed by atoms with Crippen molar-refractivity contribution in [3.63, 3.8) is 0 Å². The number of rotatable bonds is 6. The Balaban J connectivity index is 2.13. The van der Waals surface area contributed by atoms with E-state index in [4.69, 9.17) is 4.74 Å². The average Bonchev–Trinajstić information content (AvgIpc) is 2.50. The molecule has 8 heteroatoms. The van der Waals surface area contributed by atoms with Gasteiger partial charge in [-0.3, -0.25) is 10.1 Å². The summed E-state index contributed by atoms with van der Waals surface area (Å²) in [6.45, 7) is 5.07. The van der Waals surface area contributed by atoms with Crippen molar-refractivity contribution in [1.29, 1.82) is 0 Å². The Hall–Kier alpha value is -1.25. The molecule has 0 saturated carbocycles. The quantitative estimate of drug-likeness (QED) is 0.588. The molecule has 2 heterocycles. The minimum absolute atomic E-state index is 0.0193. The highest BCUT2D eigenvalue weighted by atomic mass is 79.9. The van der Waals surface area contributed by atoms with E-state index < -0.39 is 4.92 Å². The van der Waals surface area contributed by atoms with Gasteiger partial charge in [0.1, 0.15) is 12.0 Å². The van der Waals surface area contributed by atoms with Gasteiger partial charge in [0.05, 0.1) is 16.0 Å². The van der Waals surface area contributed by atoms with E-state index in [-0.39, 0.29) is 11.1 Å². The Labute approximate surface area is 138 Å². The zero-order chi connectivity index (χ0) is 16.2. The summed E-state index contributed by atoms with van der Waals surface area (Å²) in [5, 5.41) is 17.6. The normalized spacial score (nSPS) is 17.2. The van der Waals surface area contributed by atoms with Crippen molar-refractivity contribution >= 4 is 27.4 Å². The number of aromatic nitrogens is 1. The molecule has 122 valence electrons. The maximum Gasteiger partial charge on any atom is 0.291 e. The first kappa shape index (κ1) is 17.1. The molecular weight excluding hydrogens is 352 g/mol. The predicted octanol–water partition coefficient (Wildman–Crippen LogP) is 2.49. The Morgan fingerprint density at radius 3 is 2.82 bits per heavy atom. The van der Waals surface area contributed by atoms with E-state index in [1.807, 2.05) is 0 Å². The highest BCUT2D eigenvalue weighted by Gasteiger charge is 2.32. The Morgan fingerprint density at radius 1 is 1.55 bits per heavy atom. The molecule has 0 aromatic carbocycles. The molecule has 7 nitrogen and oxygen atoms in total. The Kier molecular flexibility index (Phi) is 5.71. The molecule has 0 amide bonds. The molecule has 22 heavy (non-hydrogen) atoms. The maximum absolute atomic E-state index is 10.9. The number of nitrogens with zero attached hydrogens (tertiary/aromatic N) is 2. The zero-order valence-corrected chi connectivity index (χ0v) is 14.4. The van der Waals surface area contributed by atoms with Gasteiger partial charge in [-0.2, -0.15) is 0 Å². The van der Waals surface area contributed by atoms with Crippen LogP contribution in [-0.4, -0.2) is 43.3 Å². The fourth-order valence-electron chi connectivity index (χ4n) is 2.78. The van der Waals surface area contributed by atoms with Crippen LogP contribution in [0.1, 0.15) is 18.4 Å². The number of hydrogen-bond donors (Lipinski definition) is 2. The van der Waals surface area contributed by atoms with Crippen molar-refractivity contribution in [2.75, 3.05) is 38.7 Å². The summed E-state index contributed by atoms with van der Waals surface area (Å²) >= 11 is 3.41. The SMILES string of the molecule is COCC1(CNc2ncc([N+](=O)[O-])c(C)c2Br)CCNCC1. The van der Waals surface area contributed by atoms with E-state index in [0.717, 1.165) is 32.5 Å². The molecule has 1 aromatic heterocycles. The van der Waals surface area contributed by atoms with Gasteiger partial charge in [-0.05, 0) is 48.8 Å². The number of nitrogens with one attached hydrogen (secondary N) is 2. The molecule has 1 saturated heterocycles. The maximum atomic E-state index is 10.9. The van der Waals surface area contributed by atoms with Crippen LogP contribution in [0.5, 0.6) is 0 Å². The van der Waals surface area contributed by atoms with E-state index in [2.05, 4.69) is 31.5 Å². The zero-order valence-electron chi connectivity index (χ0n) is 12.8. The van der Waals surface area contributed by atoms with Crippen molar-refractivity contribution in [2.45, 2.75) is 19.8 Å². The van der Waals surface area contributed by atoms with Crippen LogP contribution >= 0.6 is 15.9 Å². The molecule has 0 spiro atoms. The number of methoxy groups -OCH3 is 1. The molecule has 0 bridgehead atoms. The minimum Gasteiger partial charge on any atom is -0.384 e. The third-order valence-electron chi connectivity index (χ3n) is 4.18. The third-order valence-corrected chi connectivity index (χ3v) is 5.15. The van der Waals surface area contributed by atoms with Crippen LogP contribution in [0.15, 0.2) is 10.7 Å². The molecular formula is C14H21BrN4O3. The fraction of sp³-hybridized carbons (Fsp3) is 0.643. The van der Waals surface area contributed by atoms with E-state index in [0.29, 0.717) is 22.5 Å². The summed E-state index contributed by atoms with van der Waals surface area (Å²) in [7, 11) is 1.72. The van der Waals surface area contributed by atoms with E-state index in [1.165, 1.54) is 6.20 Å². The molecule has 1 aliphatic heterocycles. The Bertz CT molecular complexity index is 542. The summed E-state index contributed by atoms with van der Waals surface area (Å²) in [6.07, 6.45) is 3.35. The van der Waals surface area contributed by atoms with Gasteiger partial charge in [-0.25, -0.2) is 4.98 Å². The highest BCUT2D eigenvalue weighted by Crippen LogP contribution is 2.33. The van der Waals surface area contributed by atoms with Gasteiger partial charge >= 0.3 is 0 Å². The molecule has 1 aliphatic rings. The number of ether oxygens (including phenoxy) is 1. The van der Waals surface area contributed by atoms with Crippen molar-refractivity contribution < 1.29 is 9.66 Å². The first-order valence-electron chi connectivity index (χ1n) is 7.22. The molecule has 0 atom stereocenters. The van der Waals surface area contributed by atoms with Crippen molar-refractivity contribution in [1.82, 2.24) is 10.3 Å². The summed E-state index contributed by atoms with van der Waals surface area (Å²) < 4.78 is 6.03. The summed E-state index contributed by atoms with van der Waals surface area (Å²) in [4.78, 5) is 14.7. The molecule has 0 unspecified atom stereocenters. The second kappa shape index (κ2) is 7.34. The summed E-state index contributed by atoms with van der Waals surface area (Å²) in [5.74, 6) is 0.636. The van der Waals surface area contributed by atoms with Gasteiger partial charge in [0.25, 0.3) is 5.69 Å². The minimum atomic E-state index is -0.421. The molecule has 1 aromatic rings. The van der Waals surface area contributed by atoms with Gasteiger partial charge < -0.3 is 15.4 Å². The molecule has 2 rings (SSSR count). The van der Waals surface area contributed by atoms with Crippen molar-refractivity contribution in [2.24, 2.45) is 5.41 Å². The van der Waals surface area contributed by atoms with Gasteiger partial charge in [-0.15, -0.1) is 0 Å². The van der Waals surface area contributed by atoms with Crippen molar-refractivity contribution in [3.05, 3.63) is 26.3 Å². The summed E-state index contributed by atoms with van der Waals surface area (Å²) in [6, 6.07) is 0. The van der Waals surface area contributed by atoms with Crippen LogP contribution in [0.2, 0.25) is 0 Å². The van der Waals surface area contributed by atoms with Gasteiger partial charge in [-0.1, -0.05) is 0 Å². The van der Waals surface area contributed by atoms with Gasteiger partial charge in [0.15, 0.2) is 0 Å². The number of hydrogen-bond acceptors (Lipinski definition) is 6. The van der Waals surface area contributed by atoms with E-state index in [1.54, 1.807) is 14.0 Å². The molecule has 1 fully saturated rings. The number of anilines is 1. The lowest BCUT2D eigenvalue weighted by Crippen LogP contribution is -2.44. The summed E-state index contributed by atoms with van der Waals surface area (Å²) in [5.41, 5.74) is 0.663. The molecule has 0 aliphatic carbocycles. The number of nitro groups is 1. The first-order valence-corrected chi connectivity index (χ1v) is 8.01. The average molecular weight is 373 g/mol. The number of pyridine rings is 1.